The number of thioether (sulfide) groups is 1. The van der Waals surface area contributed by atoms with E-state index in [4.69, 9.17) is 16.1 Å². The van der Waals surface area contributed by atoms with Gasteiger partial charge in [-0.05, 0) is 43.3 Å². The third-order valence-electron chi connectivity index (χ3n) is 3.87. The van der Waals surface area contributed by atoms with Crippen LogP contribution in [0.5, 0.6) is 0 Å². The maximum Gasteiger partial charge on any atom is 0.237 e. The second kappa shape index (κ2) is 7.89. The molecule has 0 spiro atoms. The molecule has 0 aliphatic carbocycles. The fourth-order valence-corrected chi connectivity index (χ4v) is 3.52. The SMILES string of the molecule is CCn1c(SCc2nc(-c3ccc(Cl)cc3)no2)nnc1-c1ccncc1. The number of hydrogen-bond acceptors (Lipinski definition) is 7. The first-order valence-corrected chi connectivity index (χ1v) is 9.66. The monoisotopic (exact) mass is 398 g/mol. The molecule has 0 amide bonds. The number of rotatable bonds is 6. The molecule has 9 heteroatoms. The van der Waals surface area contributed by atoms with Crippen molar-refractivity contribution in [1.29, 1.82) is 0 Å². The first kappa shape index (κ1) is 17.7. The smallest absolute Gasteiger partial charge is 0.237 e. The molecule has 0 atom stereocenters. The molecule has 4 aromatic rings. The Morgan fingerprint density at radius 2 is 1.81 bits per heavy atom. The van der Waals surface area contributed by atoms with E-state index in [0.29, 0.717) is 22.5 Å². The molecule has 3 aromatic heterocycles. The Hall–Kier alpha value is -2.71. The molecule has 0 N–H and O–H groups in total. The molecule has 3 heterocycles. The van der Waals surface area contributed by atoms with Crippen molar-refractivity contribution >= 4 is 23.4 Å². The van der Waals surface area contributed by atoms with E-state index >= 15 is 0 Å². The van der Waals surface area contributed by atoms with Gasteiger partial charge < -0.3 is 9.09 Å². The highest BCUT2D eigenvalue weighted by molar-refractivity contribution is 7.98. The summed E-state index contributed by atoms with van der Waals surface area (Å²) in [5.74, 6) is 2.39. The number of benzene rings is 1. The highest BCUT2D eigenvalue weighted by Crippen LogP contribution is 2.26. The summed E-state index contributed by atoms with van der Waals surface area (Å²) in [5.41, 5.74) is 1.84. The van der Waals surface area contributed by atoms with Gasteiger partial charge in [0.05, 0.1) is 5.75 Å². The van der Waals surface area contributed by atoms with Gasteiger partial charge in [-0.2, -0.15) is 4.98 Å². The third kappa shape index (κ3) is 3.86. The lowest BCUT2D eigenvalue weighted by atomic mass is 10.2. The molecule has 136 valence electrons. The minimum atomic E-state index is 0.509. The van der Waals surface area contributed by atoms with Gasteiger partial charge >= 0.3 is 0 Å². The summed E-state index contributed by atoms with van der Waals surface area (Å²) in [5, 5.41) is 14.1. The molecular weight excluding hydrogens is 384 g/mol. The third-order valence-corrected chi connectivity index (χ3v) is 5.07. The Morgan fingerprint density at radius 3 is 2.56 bits per heavy atom. The number of nitrogens with zero attached hydrogens (tertiary/aromatic N) is 6. The van der Waals surface area contributed by atoms with Crippen LogP contribution in [0.2, 0.25) is 5.02 Å². The Balaban J connectivity index is 1.50. The van der Waals surface area contributed by atoms with E-state index in [1.54, 1.807) is 24.5 Å². The zero-order chi connectivity index (χ0) is 18.6. The van der Waals surface area contributed by atoms with E-state index in [2.05, 4.69) is 36.8 Å². The lowest BCUT2D eigenvalue weighted by molar-refractivity contribution is 0.391. The van der Waals surface area contributed by atoms with Crippen molar-refractivity contribution in [1.82, 2.24) is 29.9 Å². The van der Waals surface area contributed by atoms with E-state index in [1.807, 2.05) is 24.3 Å². The summed E-state index contributed by atoms with van der Waals surface area (Å²) >= 11 is 7.42. The van der Waals surface area contributed by atoms with Crippen molar-refractivity contribution in [2.24, 2.45) is 0 Å². The van der Waals surface area contributed by atoms with Gasteiger partial charge in [0.15, 0.2) is 11.0 Å². The number of pyridine rings is 1. The summed E-state index contributed by atoms with van der Waals surface area (Å²) in [6, 6.07) is 11.2. The van der Waals surface area contributed by atoms with Crippen LogP contribution in [0.25, 0.3) is 22.8 Å². The largest absolute Gasteiger partial charge is 0.338 e. The first-order valence-electron chi connectivity index (χ1n) is 8.29. The molecule has 1 aromatic carbocycles. The minimum Gasteiger partial charge on any atom is -0.338 e. The predicted octanol–water partition coefficient (Wildman–Crippen LogP) is 4.36. The summed E-state index contributed by atoms with van der Waals surface area (Å²) < 4.78 is 7.41. The maximum absolute atomic E-state index is 5.91. The van der Waals surface area contributed by atoms with Crippen LogP contribution in [0.1, 0.15) is 12.8 Å². The van der Waals surface area contributed by atoms with Crippen LogP contribution in [-0.4, -0.2) is 29.9 Å². The molecule has 4 rings (SSSR count). The Morgan fingerprint density at radius 1 is 1.04 bits per heavy atom. The fraction of sp³-hybridized carbons (Fsp3) is 0.167. The van der Waals surface area contributed by atoms with Gasteiger partial charge in [0.2, 0.25) is 11.7 Å². The van der Waals surface area contributed by atoms with Crippen LogP contribution in [0, 0.1) is 0 Å². The summed E-state index contributed by atoms with van der Waals surface area (Å²) in [6.07, 6.45) is 3.49. The van der Waals surface area contributed by atoms with Crippen molar-refractivity contribution in [2.45, 2.75) is 24.4 Å². The normalized spacial score (nSPS) is 11.0. The van der Waals surface area contributed by atoms with E-state index in [0.717, 1.165) is 28.7 Å². The van der Waals surface area contributed by atoms with Crippen LogP contribution in [0.4, 0.5) is 0 Å². The number of aromatic nitrogens is 6. The molecule has 0 aliphatic heterocycles. The van der Waals surface area contributed by atoms with E-state index in [-0.39, 0.29) is 0 Å². The second-order valence-electron chi connectivity index (χ2n) is 5.59. The van der Waals surface area contributed by atoms with Crippen LogP contribution in [0.15, 0.2) is 58.5 Å². The van der Waals surface area contributed by atoms with Crippen LogP contribution < -0.4 is 0 Å². The van der Waals surface area contributed by atoms with Gasteiger partial charge in [0.25, 0.3) is 0 Å². The topological polar surface area (TPSA) is 82.5 Å². The van der Waals surface area contributed by atoms with Gasteiger partial charge in [-0.15, -0.1) is 10.2 Å². The van der Waals surface area contributed by atoms with Crippen LogP contribution in [0.3, 0.4) is 0 Å². The zero-order valence-electron chi connectivity index (χ0n) is 14.4. The van der Waals surface area contributed by atoms with Gasteiger partial charge in [-0.3, -0.25) is 4.98 Å². The maximum atomic E-state index is 5.91. The standard InChI is InChI=1S/C18H15ClN6OS/c1-2-25-17(13-7-9-20-10-8-13)22-23-18(25)27-11-15-21-16(24-26-15)12-3-5-14(19)6-4-12/h3-10H,2,11H2,1H3. The lowest BCUT2D eigenvalue weighted by Gasteiger charge is -2.06. The molecule has 27 heavy (non-hydrogen) atoms. The van der Waals surface area contributed by atoms with E-state index in [1.165, 1.54) is 11.8 Å². The molecule has 0 radical (unpaired) electrons. The number of halogens is 1. The Kier molecular flexibility index (Phi) is 5.17. The first-order chi connectivity index (χ1) is 13.2. The molecular formula is C18H15ClN6OS. The van der Waals surface area contributed by atoms with Crippen molar-refractivity contribution in [3.8, 4) is 22.8 Å². The van der Waals surface area contributed by atoms with E-state index < -0.39 is 0 Å². The molecule has 0 bridgehead atoms. The molecule has 0 saturated carbocycles. The van der Waals surface area contributed by atoms with Gasteiger partial charge in [0, 0.05) is 35.1 Å². The van der Waals surface area contributed by atoms with Gasteiger partial charge in [0.1, 0.15) is 0 Å². The Labute approximate surface area is 164 Å². The predicted molar refractivity (Wildman–Crippen MR) is 103 cm³/mol. The van der Waals surface area contributed by atoms with Crippen molar-refractivity contribution < 1.29 is 4.52 Å². The molecule has 0 aliphatic rings. The summed E-state index contributed by atoms with van der Waals surface area (Å²) in [6.45, 7) is 2.82. The second-order valence-corrected chi connectivity index (χ2v) is 6.97. The van der Waals surface area contributed by atoms with Crippen molar-refractivity contribution in [3.63, 3.8) is 0 Å². The van der Waals surface area contributed by atoms with Gasteiger partial charge in [-0.1, -0.05) is 28.5 Å². The summed E-state index contributed by atoms with van der Waals surface area (Å²) in [4.78, 5) is 8.48. The van der Waals surface area contributed by atoms with Crippen LogP contribution >= 0.6 is 23.4 Å². The van der Waals surface area contributed by atoms with Crippen molar-refractivity contribution in [2.75, 3.05) is 0 Å². The number of hydrogen-bond donors (Lipinski definition) is 0. The molecule has 0 fully saturated rings. The minimum absolute atomic E-state index is 0.509. The van der Waals surface area contributed by atoms with Gasteiger partial charge in [-0.25, -0.2) is 0 Å². The molecule has 0 unspecified atom stereocenters. The van der Waals surface area contributed by atoms with Crippen molar-refractivity contribution in [3.05, 3.63) is 59.7 Å². The summed E-state index contributed by atoms with van der Waals surface area (Å²) in [7, 11) is 0. The quantitative estimate of drug-likeness (QED) is 0.446. The molecule has 0 saturated heterocycles. The highest BCUT2D eigenvalue weighted by atomic mass is 35.5. The van der Waals surface area contributed by atoms with Crippen LogP contribution in [-0.2, 0) is 12.3 Å². The fourth-order valence-electron chi connectivity index (χ4n) is 2.55. The van der Waals surface area contributed by atoms with E-state index in [9.17, 15) is 0 Å². The Bertz CT molecular complexity index is 1030. The average molecular weight is 399 g/mol. The zero-order valence-corrected chi connectivity index (χ0v) is 16.0. The lowest BCUT2D eigenvalue weighted by Crippen LogP contribution is -2.00. The highest BCUT2D eigenvalue weighted by Gasteiger charge is 2.15. The molecule has 7 nitrogen and oxygen atoms in total. The average Bonchev–Trinajstić information content (AvgIpc) is 3.34.